The minimum atomic E-state index is -4.36. The Labute approximate surface area is 231 Å². The number of fused-ring (bicyclic) bond motifs is 2. The third-order valence-electron chi connectivity index (χ3n) is 6.91. The number of hydrogen-bond acceptors (Lipinski definition) is 5. The summed E-state index contributed by atoms with van der Waals surface area (Å²) in [4.78, 5) is 13.0. The zero-order valence-electron chi connectivity index (χ0n) is 19.3. The molecule has 1 aromatic carbocycles. The monoisotopic (exact) mass is 533 g/mol. The predicted molar refractivity (Wildman–Crippen MR) is 133 cm³/mol. The van der Waals surface area contributed by atoms with Gasteiger partial charge in [-0.15, -0.1) is 0 Å². The van der Waals surface area contributed by atoms with Gasteiger partial charge in [0.2, 0.25) is 0 Å². The molecule has 13 heteroatoms. The number of carbonyl (C=O) groups excluding carboxylic acids is 1. The number of nitrogens with one attached hydrogen (secondary N) is 2. The fraction of sp³-hybridized carbons (Fsp3) is 0.565. The Bertz CT molecular complexity index is 1190. The van der Waals surface area contributed by atoms with Crippen molar-refractivity contribution < 1.29 is 26.7 Å². The van der Waals surface area contributed by atoms with Gasteiger partial charge in [-0.05, 0) is 73.6 Å². The van der Waals surface area contributed by atoms with E-state index < -0.39 is 35.3 Å². The topological polar surface area (TPSA) is 106 Å². The van der Waals surface area contributed by atoms with Gasteiger partial charge in [0.15, 0.2) is 0 Å². The fourth-order valence-electron chi connectivity index (χ4n) is 5.45. The van der Waals surface area contributed by atoms with Crippen molar-refractivity contribution in [3.63, 3.8) is 0 Å². The third-order valence-corrected chi connectivity index (χ3v) is 8.38. The molecule has 5 rings (SSSR count). The third kappa shape index (κ3) is 5.72. The van der Waals surface area contributed by atoms with Gasteiger partial charge in [0.1, 0.15) is 6.54 Å². The first-order valence-electron chi connectivity index (χ1n) is 12.0. The molecule has 3 aliphatic rings. The van der Waals surface area contributed by atoms with Crippen molar-refractivity contribution in [2.45, 2.75) is 70.4 Å². The first-order chi connectivity index (χ1) is 16.8. The molecule has 0 spiro atoms. The first-order valence-corrected chi connectivity index (χ1v) is 13.4. The average molecular weight is 534 g/mol. The zero-order valence-corrected chi connectivity index (χ0v) is 20.1. The Morgan fingerprint density at radius 1 is 1.14 bits per heavy atom. The molecular weight excluding hydrogens is 503 g/mol. The van der Waals surface area contributed by atoms with Crippen molar-refractivity contribution in [1.82, 2.24) is 14.5 Å². The summed E-state index contributed by atoms with van der Waals surface area (Å²) < 4.78 is 62.1. The quantitative estimate of drug-likeness (QED) is 0.533. The summed E-state index contributed by atoms with van der Waals surface area (Å²) in [5.41, 5.74) is 5.49. The van der Waals surface area contributed by atoms with Crippen LogP contribution in [-0.2, 0) is 47.2 Å². The van der Waals surface area contributed by atoms with Crippen LogP contribution in [0.3, 0.4) is 0 Å². The molecule has 2 N–H and O–H groups in total. The second kappa shape index (κ2) is 11.3. The molecule has 1 fully saturated rings. The molecule has 0 radical (unpaired) electrons. The van der Waals surface area contributed by atoms with Gasteiger partial charge in [0.25, 0.3) is 6.43 Å². The number of halogens is 2. The van der Waals surface area contributed by atoms with E-state index in [4.69, 9.17) is 4.74 Å². The normalized spacial score (nSPS) is 17.4. The standard InChI is InChI=1S/C23H29F2N5O4S.Na.H/c24-21(25)14-29-13-18(12-26-29)30(17-7-9-34-10-8-17)35(32,33)28-23(31)27-22-19-5-1-3-15(19)11-16-4-2-6-20(16)22;;/h11-13,17,21H,1-10,14H2,(H2,27,28,31);;. The first kappa shape index (κ1) is 27.3. The van der Waals surface area contributed by atoms with Crippen molar-refractivity contribution in [3.05, 3.63) is 40.7 Å². The van der Waals surface area contributed by atoms with E-state index in [2.05, 4.69) is 21.2 Å². The van der Waals surface area contributed by atoms with Crippen LogP contribution in [0.5, 0.6) is 0 Å². The molecule has 1 aromatic heterocycles. The Balaban J connectivity index is 0.00000304. The van der Waals surface area contributed by atoms with Crippen molar-refractivity contribution in [2.24, 2.45) is 0 Å². The molecule has 36 heavy (non-hydrogen) atoms. The molecule has 2 heterocycles. The summed E-state index contributed by atoms with van der Waals surface area (Å²) in [5, 5.41) is 6.72. The van der Waals surface area contributed by atoms with Crippen LogP contribution in [0.4, 0.5) is 25.0 Å². The SMILES string of the molecule is O=C(Nc1c2c(cc3c1CCC3)CCC2)NS(=O)(=O)N(c1cnn(CC(F)F)c1)C1CCOCC1.[NaH]. The number of alkyl halides is 2. The zero-order chi connectivity index (χ0) is 24.6. The Hall–Kier alpha value is -1.73. The van der Waals surface area contributed by atoms with Crippen molar-refractivity contribution in [3.8, 4) is 0 Å². The number of aromatic nitrogens is 2. The Morgan fingerprint density at radius 3 is 2.39 bits per heavy atom. The summed E-state index contributed by atoms with van der Waals surface area (Å²) in [5.74, 6) is 0. The number of amides is 2. The molecule has 2 amide bonds. The number of urea groups is 1. The van der Waals surface area contributed by atoms with Gasteiger partial charge < -0.3 is 10.1 Å². The fourth-order valence-corrected chi connectivity index (χ4v) is 6.80. The summed E-state index contributed by atoms with van der Waals surface area (Å²) in [6.07, 6.45) is 6.29. The van der Waals surface area contributed by atoms with Gasteiger partial charge in [-0.25, -0.2) is 22.6 Å². The van der Waals surface area contributed by atoms with Crippen LogP contribution in [-0.4, -0.2) is 79.5 Å². The molecule has 0 unspecified atom stereocenters. The molecule has 0 saturated carbocycles. The predicted octanol–water partition coefficient (Wildman–Crippen LogP) is 2.53. The van der Waals surface area contributed by atoms with Crippen LogP contribution in [0.25, 0.3) is 0 Å². The van der Waals surface area contributed by atoms with Crippen molar-refractivity contribution in [2.75, 3.05) is 22.8 Å². The van der Waals surface area contributed by atoms with E-state index in [1.54, 1.807) is 0 Å². The molecule has 1 aliphatic heterocycles. The van der Waals surface area contributed by atoms with Crippen LogP contribution < -0.4 is 14.3 Å². The number of aryl methyl sites for hydroxylation is 2. The average Bonchev–Trinajstić information content (AvgIpc) is 3.55. The number of rotatable bonds is 7. The van der Waals surface area contributed by atoms with Crippen LogP contribution in [0, 0.1) is 0 Å². The van der Waals surface area contributed by atoms with E-state index in [9.17, 15) is 22.0 Å². The molecule has 1 saturated heterocycles. The maximum atomic E-state index is 13.5. The summed E-state index contributed by atoms with van der Waals surface area (Å²) in [6, 6.07) is 0.897. The van der Waals surface area contributed by atoms with Gasteiger partial charge in [-0.1, -0.05) is 6.07 Å². The van der Waals surface area contributed by atoms with Gasteiger partial charge in [0.05, 0.1) is 17.9 Å². The maximum absolute atomic E-state index is 13.5. The Morgan fingerprint density at radius 2 is 1.78 bits per heavy atom. The summed E-state index contributed by atoms with van der Waals surface area (Å²) >= 11 is 0. The number of hydrogen-bond donors (Lipinski definition) is 2. The van der Waals surface area contributed by atoms with E-state index in [1.807, 2.05) is 0 Å². The number of nitrogens with zero attached hydrogens (tertiary/aromatic N) is 3. The number of benzene rings is 1. The molecule has 2 aliphatic carbocycles. The molecular formula is C23H30F2N5NaO4S. The van der Waals surface area contributed by atoms with Crippen LogP contribution in [0.15, 0.2) is 18.5 Å². The summed E-state index contributed by atoms with van der Waals surface area (Å²) in [7, 11) is -4.36. The van der Waals surface area contributed by atoms with Crippen molar-refractivity contribution >= 4 is 57.2 Å². The van der Waals surface area contributed by atoms with Gasteiger partial charge in [-0.3, -0.25) is 4.68 Å². The summed E-state index contributed by atoms with van der Waals surface area (Å²) in [6.45, 7) is 0.0620. The molecule has 192 valence electrons. The number of anilines is 2. The molecule has 9 nitrogen and oxygen atoms in total. The van der Waals surface area contributed by atoms with Crippen LogP contribution in [0.2, 0.25) is 0 Å². The molecule has 0 bridgehead atoms. The van der Waals surface area contributed by atoms with E-state index in [0.29, 0.717) is 26.1 Å². The van der Waals surface area contributed by atoms with E-state index in [0.717, 1.165) is 64.3 Å². The van der Waals surface area contributed by atoms with E-state index in [-0.39, 0.29) is 35.2 Å². The Kier molecular flexibility index (Phi) is 8.60. The van der Waals surface area contributed by atoms with Gasteiger partial charge in [-0.2, -0.15) is 13.5 Å². The van der Waals surface area contributed by atoms with Crippen LogP contribution in [0.1, 0.15) is 47.9 Å². The second-order valence-corrected chi connectivity index (χ2v) is 10.8. The molecule has 2 aromatic rings. The van der Waals surface area contributed by atoms with Crippen LogP contribution >= 0.6 is 0 Å². The minimum absolute atomic E-state index is 0. The van der Waals surface area contributed by atoms with Crippen molar-refractivity contribution in [1.29, 1.82) is 0 Å². The number of ether oxygens (including phenoxy) is 1. The van der Waals surface area contributed by atoms with E-state index >= 15 is 0 Å². The van der Waals surface area contributed by atoms with Gasteiger partial charge in [0, 0.05) is 25.1 Å². The van der Waals surface area contributed by atoms with E-state index in [1.165, 1.54) is 23.5 Å². The molecule has 0 atom stereocenters. The number of carbonyl (C=O) groups is 1. The second-order valence-electron chi connectivity index (χ2n) is 9.25. The van der Waals surface area contributed by atoms with Gasteiger partial charge >= 0.3 is 45.8 Å².